The van der Waals surface area contributed by atoms with E-state index in [9.17, 15) is 26.7 Å². The van der Waals surface area contributed by atoms with Gasteiger partial charge in [0.2, 0.25) is 0 Å². The van der Waals surface area contributed by atoms with Gasteiger partial charge in [-0.3, -0.25) is 14.6 Å². The highest BCUT2D eigenvalue weighted by Gasteiger charge is 2.39. The molecule has 0 atom stereocenters. The minimum atomic E-state index is -4.86. The number of benzene rings is 2. The fraction of sp³-hybridized carbons (Fsp3) is 0.167. The predicted octanol–water partition coefficient (Wildman–Crippen LogP) is 4.82. The molecule has 0 aliphatic heterocycles. The zero-order valence-corrected chi connectivity index (χ0v) is 19.4. The summed E-state index contributed by atoms with van der Waals surface area (Å²) >= 11 is 0. The number of aromatic nitrogens is 4. The fourth-order valence-electron chi connectivity index (χ4n) is 3.48. The van der Waals surface area contributed by atoms with Crippen LogP contribution in [0.3, 0.4) is 0 Å². The van der Waals surface area contributed by atoms with Gasteiger partial charge in [0, 0.05) is 30.9 Å². The van der Waals surface area contributed by atoms with Gasteiger partial charge >= 0.3 is 6.18 Å². The maximum Gasteiger partial charge on any atom is 0.435 e. The first kappa shape index (κ1) is 25.5. The number of alkyl halides is 3. The zero-order chi connectivity index (χ0) is 26.7. The predicted molar refractivity (Wildman–Crippen MR) is 123 cm³/mol. The molecule has 0 radical (unpaired) electrons. The Labute approximate surface area is 206 Å². The lowest BCUT2D eigenvalue weighted by Gasteiger charge is -2.10. The molecule has 0 saturated carbocycles. The minimum absolute atomic E-state index is 0.0559. The van der Waals surface area contributed by atoms with E-state index in [2.05, 4.69) is 25.6 Å². The number of aliphatic imine (C=N–C) groups is 1. The molecule has 37 heavy (non-hydrogen) atoms. The summed E-state index contributed by atoms with van der Waals surface area (Å²) in [6.07, 6.45) is -4.06. The van der Waals surface area contributed by atoms with Gasteiger partial charge in [-0.05, 0) is 42.5 Å². The van der Waals surface area contributed by atoms with E-state index in [-0.39, 0.29) is 23.7 Å². The molecule has 2 N–H and O–H groups in total. The number of nitrogens with one attached hydrogen (secondary N) is 2. The SMILES string of the molecule is COc1ccc(-c2cc(CC(=Nc3cccc(F)c3)NC(=O)c3cn(C)nc3C(F)(F)F)[nH]n2)cc1F. The number of amides is 1. The van der Waals surface area contributed by atoms with Crippen molar-refractivity contribution in [1.29, 1.82) is 0 Å². The van der Waals surface area contributed by atoms with E-state index < -0.39 is 35.0 Å². The largest absolute Gasteiger partial charge is 0.494 e. The molecule has 0 fully saturated rings. The summed E-state index contributed by atoms with van der Waals surface area (Å²) in [7, 11) is 2.59. The molecule has 2 aromatic carbocycles. The molecule has 13 heteroatoms. The van der Waals surface area contributed by atoms with Gasteiger partial charge in [-0.2, -0.15) is 23.4 Å². The second-order valence-corrected chi connectivity index (χ2v) is 7.86. The molecule has 0 aliphatic rings. The van der Waals surface area contributed by atoms with Gasteiger partial charge in [-0.25, -0.2) is 13.8 Å². The van der Waals surface area contributed by atoms with Crippen molar-refractivity contribution in [2.75, 3.05) is 7.11 Å². The van der Waals surface area contributed by atoms with Crippen LogP contribution in [0.4, 0.5) is 27.6 Å². The van der Waals surface area contributed by atoms with E-state index in [1.807, 2.05) is 0 Å². The molecule has 0 aliphatic carbocycles. The van der Waals surface area contributed by atoms with E-state index >= 15 is 0 Å². The Morgan fingerprint density at radius 3 is 2.62 bits per heavy atom. The summed E-state index contributed by atoms with van der Waals surface area (Å²) in [5, 5.41) is 12.5. The number of aryl methyl sites for hydroxylation is 1. The van der Waals surface area contributed by atoms with Crippen LogP contribution in [0.5, 0.6) is 5.75 Å². The lowest BCUT2D eigenvalue weighted by Crippen LogP contribution is -2.33. The first-order valence-corrected chi connectivity index (χ1v) is 10.7. The Kier molecular flexibility index (Phi) is 7.05. The van der Waals surface area contributed by atoms with Crippen molar-refractivity contribution in [1.82, 2.24) is 25.3 Å². The number of halogens is 5. The van der Waals surface area contributed by atoms with Gasteiger partial charge < -0.3 is 10.1 Å². The fourth-order valence-corrected chi connectivity index (χ4v) is 3.48. The second-order valence-electron chi connectivity index (χ2n) is 7.86. The Bertz CT molecular complexity index is 1470. The summed E-state index contributed by atoms with van der Waals surface area (Å²) in [6, 6.07) is 10.9. The van der Waals surface area contributed by atoms with Crippen molar-refractivity contribution in [2.45, 2.75) is 12.6 Å². The summed E-state index contributed by atoms with van der Waals surface area (Å²) < 4.78 is 73.7. The highest BCUT2D eigenvalue weighted by atomic mass is 19.4. The molecule has 0 saturated heterocycles. The van der Waals surface area contributed by atoms with E-state index in [1.54, 1.807) is 12.1 Å². The topological polar surface area (TPSA) is 97.2 Å². The van der Waals surface area contributed by atoms with Gasteiger partial charge in [0.25, 0.3) is 5.91 Å². The second kappa shape index (κ2) is 10.2. The number of carbonyl (C=O) groups excluding carboxylic acids is 1. The van der Waals surface area contributed by atoms with Crippen LogP contribution < -0.4 is 10.1 Å². The number of rotatable bonds is 6. The monoisotopic (exact) mass is 518 g/mol. The molecule has 8 nitrogen and oxygen atoms in total. The van der Waals surface area contributed by atoms with Gasteiger partial charge in [0.1, 0.15) is 11.7 Å². The normalized spacial score (nSPS) is 12.0. The lowest BCUT2D eigenvalue weighted by molar-refractivity contribution is -0.141. The van der Waals surface area contributed by atoms with Gasteiger partial charge in [-0.15, -0.1) is 0 Å². The Morgan fingerprint density at radius 1 is 1.16 bits per heavy atom. The van der Waals surface area contributed by atoms with Crippen LogP contribution in [0.1, 0.15) is 21.7 Å². The number of methoxy groups -OCH3 is 1. The number of amidine groups is 1. The van der Waals surface area contributed by atoms with Crippen LogP contribution in [0.15, 0.2) is 59.7 Å². The maximum atomic E-state index is 14.1. The van der Waals surface area contributed by atoms with Gasteiger partial charge in [0.15, 0.2) is 17.3 Å². The highest BCUT2D eigenvalue weighted by Crippen LogP contribution is 2.30. The average Bonchev–Trinajstić information content (AvgIpc) is 3.45. The van der Waals surface area contributed by atoms with Crippen molar-refractivity contribution >= 4 is 17.4 Å². The number of nitrogens with zero attached hydrogens (tertiary/aromatic N) is 4. The molecule has 4 aromatic rings. The van der Waals surface area contributed by atoms with Crippen molar-refractivity contribution in [3.05, 3.63) is 83.3 Å². The van der Waals surface area contributed by atoms with Crippen molar-refractivity contribution in [2.24, 2.45) is 12.0 Å². The van der Waals surface area contributed by atoms with Crippen LogP contribution in [0, 0.1) is 11.6 Å². The molecular weight excluding hydrogens is 499 g/mol. The maximum absolute atomic E-state index is 14.1. The van der Waals surface area contributed by atoms with Crippen LogP contribution in [0.25, 0.3) is 11.3 Å². The molecule has 2 aromatic heterocycles. The molecule has 0 bridgehead atoms. The number of H-pyrrole nitrogens is 1. The van der Waals surface area contributed by atoms with Crippen LogP contribution >= 0.6 is 0 Å². The summed E-state index contributed by atoms with van der Waals surface area (Å²) in [6.45, 7) is 0. The van der Waals surface area contributed by atoms with E-state index in [4.69, 9.17) is 4.74 Å². The first-order valence-electron chi connectivity index (χ1n) is 10.7. The standard InChI is InChI=1S/C24H19F5N6O2/c1-35-12-17(22(34-35)24(27,28)29)23(36)31-21(30-15-5-3-4-14(25)9-15)11-16-10-19(33-32-16)13-6-7-20(37-2)18(26)8-13/h3-10,12H,11H2,1-2H3,(H,32,33)(H,30,31,36). The Balaban J connectivity index is 1.64. The van der Waals surface area contributed by atoms with Gasteiger partial charge in [-0.1, -0.05) is 6.07 Å². The zero-order valence-electron chi connectivity index (χ0n) is 19.4. The van der Waals surface area contributed by atoms with Crippen LogP contribution in [0.2, 0.25) is 0 Å². The number of carbonyl (C=O) groups is 1. The number of hydrogen-bond acceptors (Lipinski definition) is 5. The summed E-state index contributed by atoms with van der Waals surface area (Å²) in [5.74, 6) is -2.33. The lowest BCUT2D eigenvalue weighted by atomic mass is 10.1. The number of aromatic amines is 1. The molecular formula is C24H19F5N6O2. The van der Waals surface area contributed by atoms with Crippen molar-refractivity contribution < 1.29 is 31.5 Å². The van der Waals surface area contributed by atoms with Crippen LogP contribution in [-0.2, 0) is 19.6 Å². The number of hydrogen-bond donors (Lipinski definition) is 2. The van der Waals surface area contributed by atoms with E-state index in [0.717, 1.165) is 16.9 Å². The minimum Gasteiger partial charge on any atom is -0.494 e. The Morgan fingerprint density at radius 2 is 1.95 bits per heavy atom. The quantitative estimate of drug-likeness (QED) is 0.217. The number of ether oxygens (including phenoxy) is 1. The third kappa shape index (κ3) is 6.00. The third-order valence-corrected chi connectivity index (χ3v) is 5.11. The third-order valence-electron chi connectivity index (χ3n) is 5.11. The van der Waals surface area contributed by atoms with E-state index in [0.29, 0.717) is 17.0 Å². The molecule has 2 heterocycles. The first-order chi connectivity index (χ1) is 17.5. The Hall–Kier alpha value is -4.55. The summed E-state index contributed by atoms with van der Waals surface area (Å²) in [4.78, 5) is 17.0. The molecule has 0 spiro atoms. The smallest absolute Gasteiger partial charge is 0.435 e. The average molecular weight is 518 g/mol. The van der Waals surface area contributed by atoms with E-state index in [1.165, 1.54) is 44.5 Å². The molecule has 0 unspecified atom stereocenters. The van der Waals surface area contributed by atoms with Gasteiger partial charge in [0.05, 0.1) is 24.1 Å². The molecule has 192 valence electrons. The van der Waals surface area contributed by atoms with Crippen LogP contribution in [-0.4, -0.2) is 38.8 Å². The van der Waals surface area contributed by atoms with Crippen molar-refractivity contribution in [3.63, 3.8) is 0 Å². The highest BCUT2D eigenvalue weighted by molar-refractivity contribution is 6.08. The molecule has 4 rings (SSSR count). The van der Waals surface area contributed by atoms with Crippen molar-refractivity contribution in [3.8, 4) is 17.0 Å². The molecule has 1 amide bonds. The summed E-state index contributed by atoms with van der Waals surface area (Å²) in [5.41, 5.74) is -0.763.